The van der Waals surface area contributed by atoms with E-state index in [2.05, 4.69) is 10.6 Å². The van der Waals surface area contributed by atoms with E-state index in [9.17, 15) is 0 Å². The monoisotopic (exact) mass is 274 g/mol. The largest absolute Gasteiger partial charge is 0.382 e. The maximum atomic E-state index is 5.38. The zero-order chi connectivity index (χ0) is 13.1. The molecular formula is C13H26N2O2S. The van der Waals surface area contributed by atoms with Crippen LogP contribution in [0.15, 0.2) is 0 Å². The van der Waals surface area contributed by atoms with Crippen LogP contribution in [0.1, 0.15) is 38.5 Å². The first-order valence-electron chi connectivity index (χ1n) is 6.94. The molecule has 0 radical (unpaired) electrons. The maximum Gasteiger partial charge on any atom is 0.166 e. The van der Waals surface area contributed by atoms with E-state index in [0.717, 1.165) is 24.7 Å². The Morgan fingerprint density at radius 1 is 1.17 bits per heavy atom. The van der Waals surface area contributed by atoms with Gasteiger partial charge in [-0.05, 0) is 31.5 Å². The minimum Gasteiger partial charge on any atom is -0.382 e. The Kier molecular flexibility index (Phi) is 9.16. The van der Waals surface area contributed by atoms with Crippen LogP contribution in [0.4, 0.5) is 0 Å². The highest BCUT2D eigenvalue weighted by Gasteiger charge is 2.13. The van der Waals surface area contributed by atoms with Crippen LogP contribution >= 0.6 is 12.2 Å². The summed E-state index contributed by atoms with van der Waals surface area (Å²) in [5.74, 6) is 0. The molecule has 1 fully saturated rings. The number of rotatable bonds is 8. The summed E-state index contributed by atoms with van der Waals surface area (Å²) in [6.45, 7) is 2.95. The van der Waals surface area contributed by atoms with Crippen LogP contribution < -0.4 is 10.6 Å². The Hall–Kier alpha value is -0.390. The van der Waals surface area contributed by atoms with Gasteiger partial charge in [0, 0.05) is 26.3 Å². The summed E-state index contributed by atoms with van der Waals surface area (Å²) in [6.07, 6.45) is 7.50. The lowest BCUT2D eigenvalue weighted by atomic mass is 9.96. The Balaban J connectivity index is 1.90. The van der Waals surface area contributed by atoms with Gasteiger partial charge in [-0.3, -0.25) is 0 Å². The zero-order valence-electron chi connectivity index (χ0n) is 11.4. The molecule has 0 aromatic rings. The Labute approximate surface area is 116 Å². The summed E-state index contributed by atoms with van der Waals surface area (Å²) < 4.78 is 10.3. The lowest BCUT2D eigenvalue weighted by Crippen LogP contribution is -2.43. The van der Waals surface area contributed by atoms with Gasteiger partial charge < -0.3 is 20.1 Å². The summed E-state index contributed by atoms with van der Waals surface area (Å²) >= 11 is 5.27. The standard InChI is InChI=1S/C13H26N2O2S/c1-16-10-11-17-9-5-8-14-13(18)15-12-6-3-2-4-7-12/h12H,2-11H2,1H3,(H2,14,15,18). The average Bonchev–Trinajstić information content (AvgIpc) is 2.39. The number of thiocarbonyl (C=S) groups is 1. The van der Waals surface area contributed by atoms with Gasteiger partial charge in [0.25, 0.3) is 0 Å². The molecule has 1 saturated carbocycles. The number of hydrogen-bond acceptors (Lipinski definition) is 3. The van der Waals surface area contributed by atoms with Crippen molar-refractivity contribution in [3.05, 3.63) is 0 Å². The van der Waals surface area contributed by atoms with Crippen molar-refractivity contribution in [1.29, 1.82) is 0 Å². The average molecular weight is 274 g/mol. The van der Waals surface area contributed by atoms with Gasteiger partial charge in [0.15, 0.2) is 5.11 Å². The first kappa shape index (κ1) is 15.7. The van der Waals surface area contributed by atoms with Gasteiger partial charge in [-0.15, -0.1) is 0 Å². The first-order chi connectivity index (χ1) is 8.83. The van der Waals surface area contributed by atoms with Gasteiger partial charge in [0.2, 0.25) is 0 Å². The number of hydrogen-bond donors (Lipinski definition) is 2. The number of methoxy groups -OCH3 is 1. The van der Waals surface area contributed by atoms with Crippen molar-refractivity contribution in [2.45, 2.75) is 44.6 Å². The van der Waals surface area contributed by atoms with Gasteiger partial charge in [-0.2, -0.15) is 0 Å². The van der Waals surface area contributed by atoms with E-state index in [1.54, 1.807) is 7.11 Å². The number of nitrogens with one attached hydrogen (secondary N) is 2. The highest BCUT2D eigenvalue weighted by Crippen LogP contribution is 2.17. The molecule has 0 amide bonds. The van der Waals surface area contributed by atoms with Gasteiger partial charge in [-0.25, -0.2) is 0 Å². The minimum atomic E-state index is 0.580. The van der Waals surface area contributed by atoms with Crippen LogP contribution in [-0.4, -0.2) is 44.6 Å². The summed E-state index contributed by atoms with van der Waals surface area (Å²) in [6, 6.07) is 0.580. The second-order valence-corrected chi connectivity index (χ2v) is 5.10. The van der Waals surface area contributed by atoms with Gasteiger partial charge in [-0.1, -0.05) is 19.3 Å². The highest BCUT2D eigenvalue weighted by atomic mass is 32.1. The molecule has 0 heterocycles. The first-order valence-corrected chi connectivity index (χ1v) is 7.35. The molecule has 18 heavy (non-hydrogen) atoms. The molecule has 0 unspecified atom stereocenters. The van der Waals surface area contributed by atoms with Crippen LogP contribution in [-0.2, 0) is 9.47 Å². The molecule has 0 aliphatic heterocycles. The molecular weight excluding hydrogens is 248 g/mol. The molecule has 1 aliphatic carbocycles. The van der Waals surface area contributed by atoms with Crippen molar-refractivity contribution in [2.24, 2.45) is 0 Å². The van der Waals surface area contributed by atoms with Crippen LogP contribution in [0.5, 0.6) is 0 Å². The maximum absolute atomic E-state index is 5.38. The Bertz CT molecular complexity index is 221. The second-order valence-electron chi connectivity index (χ2n) is 4.69. The van der Waals surface area contributed by atoms with Crippen LogP contribution in [0.3, 0.4) is 0 Å². The minimum absolute atomic E-state index is 0.580. The van der Waals surface area contributed by atoms with Crippen molar-refractivity contribution in [1.82, 2.24) is 10.6 Å². The Morgan fingerprint density at radius 3 is 2.67 bits per heavy atom. The fourth-order valence-electron chi connectivity index (χ4n) is 2.10. The van der Waals surface area contributed by atoms with E-state index in [1.807, 2.05) is 0 Å². The predicted octanol–water partition coefficient (Wildman–Crippen LogP) is 1.84. The molecule has 0 bridgehead atoms. The third-order valence-electron chi connectivity index (χ3n) is 3.12. The zero-order valence-corrected chi connectivity index (χ0v) is 12.2. The van der Waals surface area contributed by atoms with Crippen molar-refractivity contribution < 1.29 is 9.47 Å². The van der Waals surface area contributed by atoms with Crippen molar-refractivity contribution in [3.63, 3.8) is 0 Å². The molecule has 4 nitrogen and oxygen atoms in total. The van der Waals surface area contributed by atoms with Crippen molar-refractivity contribution >= 4 is 17.3 Å². The van der Waals surface area contributed by atoms with Gasteiger partial charge >= 0.3 is 0 Å². The molecule has 0 spiro atoms. The second kappa shape index (κ2) is 10.5. The van der Waals surface area contributed by atoms with Crippen LogP contribution in [0, 0.1) is 0 Å². The van der Waals surface area contributed by atoms with Crippen LogP contribution in [0.25, 0.3) is 0 Å². The normalized spacial score (nSPS) is 16.5. The molecule has 106 valence electrons. The third-order valence-corrected chi connectivity index (χ3v) is 3.39. The smallest absolute Gasteiger partial charge is 0.166 e. The van der Waals surface area contributed by atoms with Crippen LogP contribution in [0.2, 0.25) is 0 Å². The van der Waals surface area contributed by atoms with Crippen molar-refractivity contribution in [2.75, 3.05) is 33.5 Å². The van der Waals surface area contributed by atoms with E-state index in [1.165, 1.54) is 32.1 Å². The van der Waals surface area contributed by atoms with Crippen molar-refractivity contribution in [3.8, 4) is 0 Å². The SMILES string of the molecule is COCCOCCCNC(=S)NC1CCCCC1. The summed E-state index contributed by atoms with van der Waals surface area (Å²) in [7, 11) is 1.68. The van der Waals surface area contributed by atoms with E-state index in [4.69, 9.17) is 21.7 Å². The molecule has 5 heteroatoms. The Morgan fingerprint density at radius 2 is 1.94 bits per heavy atom. The van der Waals surface area contributed by atoms with E-state index in [-0.39, 0.29) is 0 Å². The molecule has 1 aliphatic rings. The van der Waals surface area contributed by atoms with E-state index < -0.39 is 0 Å². The predicted molar refractivity (Wildman–Crippen MR) is 77.9 cm³/mol. The van der Waals surface area contributed by atoms with E-state index in [0.29, 0.717) is 19.3 Å². The molecule has 0 aromatic heterocycles. The molecule has 1 rings (SSSR count). The lowest BCUT2D eigenvalue weighted by molar-refractivity contribution is 0.0698. The van der Waals surface area contributed by atoms with Gasteiger partial charge in [0.1, 0.15) is 0 Å². The highest BCUT2D eigenvalue weighted by molar-refractivity contribution is 7.80. The third kappa shape index (κ3) is 7.84. The summed E-state index contributed by atoms with van der Waals surface area (Å²) in [5.41, 5.74) is 0. The molecule has 2 N–H and O–H groups in total. The lowest BCUT2D eigenvalue weighted by Gasteiger charge is -2.24. The van der Waals surface area contributed by atoms with E-state index >= 15 is 0 Å². The molecule has 0 saturated heterocycles. The molecule has 0 atom stereocenters. The molecule has 0 aromatic carbocycles. The number of ether oxygens (including phenoxy) is 2. The quantitative estimate of drug-likeness (QED) is 0.522. The summed E-state index contributed by atoms with van der Waals surface area (Å²) in [4.78, 5) is 0. The summed E-state index contributed by atoms with van der Waals surface area (Å²) in [5, 5.41) is 7.41. The fraction of sp³-hybridized carbons (Fsp3) is 0.923. The van der Waals surface area contributed by atoms with Gasteiger partial charge in [0.05, 0.1) is 13.2 Å². The topological polar surface area (TPSA) is 42.5 Å². The fourth-order valence-corrected chi connectivity index (χ4v) is 2.37.